The average Bonchev–Trinajstić information content (AvgIpc) is 2.77. The summed E-state index contributed by atoms with van der Waals surface area (Å²) in [4.78, 5) is 24.0. The largest absolute Gasteiger partial charge is 0.352 e. The molecule has 0 unspecified atom stereocenters. The van der Waals surface area contributed by atoms with E-state index in [-0.39, 0.29) is 33.6 Å². The molecule has 3 aromatic rings. The highest BCUT2D eigenvalue weighted by atomic mass is 35.5. The number of rotatable bonds is 8. The number of hydrogen-bond donors (Lipinski definition) is 2. The molecule has 1 amide bonds. The second-order valence-electron chi connectivity index (χ2n) is 6.50. The molecule has 3 rings (SSSR count). The van der Waals surface area contributed by atoms with Gasteiger partial charge in [0, 0.05) is 13.1 Å². The molecule has 0 atom stereocenters. The lowest BCUT2D eigenvalue weighted by Gasteiger charge is -2.09. The molecule has 0 bridgehead atoms. The maximum atomic E-state index is 13.6. The lowest BCUT2D eigenvalue weighted by atomic mass is 10.2. The number of aromatic nitrogens is 2. The van der Waals surface area contributed by atoms with E-state index in [2.05, 4.69) is 15.1 Å². The van der Waals surface area contributed by atoms with Gasteiger partial charge in [0.2, 0.25) is 10.0 Å². The Hall–Kier alpha value is -2.79. The monoisotopic (exact) mass is 498 g/mol. The van der Waals surface area contributed by atoms with Crippen molar-refractivity contribution >= 4 is 39.1 Å². The SMILES string of the molecule is O=C(NCCCNS(=O)(=O)c1ccc(-n2ncc(Cl)c(Cl)c2=O)cc1)c1ccccc1F. The standard InChI is InChI=1S/C20H17Cl2FN4O4S/c21-16-12-25-27(20(29)18(16)22)13-6-8-14(9-7-13)32(30,31)26-11-3-10-24-19(28)15-4-1-2-5-17(15)23/h1-2,4-9,12,26H,3,10-11H2,(H,24,28). The van der Waals surface area contributed by atoms with Crippen LogP contribution in [0.1, 0.15) is 16.8 Å². The minimum absolute atomic E-state index is 0.0152. The van der Waals surface area contributed by atoms with Crippen molar-refractivity contribution in [2.24, 2.45) is 0 Å². The molecule has 1 aromatic heterocycles. The molecule has 1 heterocycles. The van der Waals surface area contributed by atoms with E-state index in [1.807, 2.05) is 0 Å². The third-order valence-corrected chi connectivity index (χ3v) is 6.54. The number of carbonyl (C=O) groups is 1. The topological polar surface area (TPSA) is 110 Å². The van der Waals surface area contributed by atoms with Crippen LogP contribution in [0.25, 0.3) is 5.69 Å². The summed E-state index contributed by atoms with van der Waals surface area (Å²) in [5, 5.41) is 6.23. The van der Waals surface area contributed by atoms with Gasteiger partial charge in [-0.3, -0.25) is 9.59 Å². The minimum Gasteiger partial charge on any atom is -0.352 e. The van der Waals surface area contributed by atoms with Gasteiger partial charge in [0.15, 0.2) is 0 Å². The van der Waals surface area contributed by atoms with E-state index >= 15 is 0 Å². The van der Waals surface area contributed by atoms with Crippen LogP contribution < -0.4 is 15.6 Å². The predicted octanol–water partition coefficient (Wildman–Crippen LogP) is 2.78. The molecule has 0 aliphatic carbocycles. The Balaban J connectivity index is 1.56. The highest BCUT2D eigenvalue weighted by molar-refractivity contribution is 7.89. The van der Waals surface area contributed by atoms with Crippen molar-refractivity contribution in [1.29, 1.82) is 0 Å². The number of sulfonamides is 1. The molecule has 168 valence electrons. The quantitative estimate of drug-likeness (QED) is 0.464. The summed E-state index contributed by atoms with van der Waals surface area (Å²) >= 11 is 11.6. The smallest absolute Gasteiger partial charge is 0.291 e. The van der Waals surface area contributed by atoms with Gasteiger partial charge in [0.25, 0.3) is 11.5 Å². The normalized spacial score (nSPS) is 11.3. The second-order valence-corrected chi connectivity index (χ2v) is 9.06. The van der Waals surface area contributed by atoms with Crippen molar-refractivity contribution in [3.63, 3.8) is 0 Å². The first-order valence-electron chi connectivity index (χ1n) is 9.27. The zero-order chi connectivity index (χ0) is 23.3. The van der Waals surface area contributed by atoms with E-state index in [4.69, 9.17) is 23.2 Å². The summed E-state index contributed by atoms with van der Waals surface area (Å²) < 4.78 is 41.9. The number of halogens is 3. The summed E-state index contributed by atoms with van der Waals surface area (Å²) in [5.41, 5.74) is -0.405. The molecule has 0 saturated carbocycles. The zero-order valence-electron chi connectivity index (χ0n) is 16.4. The maximum Gasteiger partial charge on any atom is 0.291 e. The summed E-state index contributed by atoms with van der Waals surface area (Å²) in [6, 6.07) is 11.0. The van der Waals surface area contributed by atoms with Crippen molar-refractivity contribution in [3.8, 4) is 5.69 Å². The van der Waals surface area contributed by atoms with Crippen LogP contribution in [0.2, 0.25) is 10.0 Å². The Kier molecular flexibility index (Phi) is 7.62. The molecular formula is C20H17Cl2FN4O4S. The molecule has 0 aliphatic heterocycles. The molecule has 0 spiro atoms. The van der Waals surface area contributed by atoms with Gasteiger partial charge in [-0.1, -0.05) is 35.3 Å². The van der Waals surface area contributed by atoms with Crippen molar-refractivity contribution in [1.82, 2.24) is 19.8 Å². The minimum atomic E-state index is -3.82. The first kappa shape index (κ1) is 23.9. The molecule has 8 nitrogen and oxygen atoms in total. The average molecular weight is 499 g/mol. The number of nitrogens with one attached hydrogen (secondary N) is 2. The molecule has 2 aromatic carbocycles. The number of carbonyl (C=O) groups excluding carboxylic acids is 1. The summed E-state index contributed by atoms with van der Waals surface area (Å²) in [5.74, 6) is -1.21. The number of benzene rings is 2. The van der Waals surface area contributed by atoms with Crippen LogP contribution in [0, 0.1) is 5.82 Å². The van der Waals surface area contributed by atoms with Crippen molar-refractivity contribution in [3.05, 3.63) is 86.5 Å². The van der Waals surface area contributed by atoms with E-state index in [1.165, 1.54) is 48.7 Å². The maximum absolute atomic E-state index is 13.6. The Labute approximate surface area is 193 Å². The lowest BCUT2D eigenvalue weighted by molar-refractivity contribution is 0.0949. The van der Waals surface area contributed by atoms with E-state index < -0.39 is 27.3 Å². The van der Waals surface area contributed by atoms with E-state index in [1.54, 1.807) is 6.07 Å². The highest BCUT2D eigenvalue weighted by Crippen LogP contribution is 2.17. The van der Waals surface area contributed by atoms with Gasteiger partial charge in [-0.25, -0.2) is 17.5 Å². The summed E-state index contributed by atoms with van der Waals surface area (Å²) in [7, 11) is -3.82. The molecule has 0 fully saturated rings. The third kappa shape index (κ3) is 5.52. The zero-order valence-corrected chi connectivity index (χ0v) is 18.7. The Morgan fingerprint density at radius 1 is 1.06 bits per heavy atom. The van der Waals surface area contributed by atoms with Crippen molar-refractivity contribution < 1.29 is 17.6 Å². The molecule has 0 radical (unpaired) electrons. The Bertz CT molecular complexity index is 1300. The third-order valence-electron chi connectivity index (χ3n) is 4.32. The van der Waals surface area contributed by atoms with Crippen LogP contribution in [-0.2, 0) is 10.0 Å². The lowest BCUT2D eigenvalue weighted by Crippen LogP contribution is -2.30. The van der Waals surface area contributed by atoms with Crippen LogP contribution in [0.3, 0.4) is 0 Å². The summed E-state index contributed by atoms with van der Waals surface area (Å²) in [6.45, 7) is 0.204. The Morgan fingerprint density at radius 2 is 1.75 bits per heavy atom. The highest BCUT2D eigenvalue weighted by Gasteiger charge is 2.15. The number of nitrogens with zero attached hydrogens (tertiary/aromatic N) is 2. The fourth-order valence-corrected chi connectivity index (χ4v) is 4.01. The van der Waals surface area contributed by atoms with Crippen molar-refractivity contribution in [2.45, 2.75) is 11.3 Å². The first-order chi connectivity index (χ1) is 15.2. The first-order valence-corrected chi connectivity index (χ1v) is 11.5. The van der Waals surface area contributed by atoms with Gasteiger partial charge >= 0.3 is 0 Å². The predicted molar refractivity (Wildman–Crippen MR) is 118 cm³/mol. The van der Waals surface area contributed by atoms with Gasteiger partial charge in [0.1, 0.15) is 10.8 Å². The van der Waals surface area contributed by atoms with Crippen molar-refractivity contribution in [2.75, 3.05) is 13.1 Å². The van der Waals surface area contributed by atoms with Gasteiger partial charge in [-0.05, 0) is 42.8 Å². The number of hydrogen-bond acceptors (Lipinski definition) is 5. The van der Waals surface area contributed by atoms with Gasteiger partial charge in [-0.2, -0.15) is 9.78 Å². The van der Waals surface area contributed by atoms with Crippen LogP contribution in [0.15, 0.2) is 64.4 Å². The van der Waals surface area contributed by atoms with Gasteiger partial charge < -0.3 is 5.32 Å². The van der Waals surface area contributed by atoms with E-state index in [0.29, 0.717) is 12.1 Å². The second kappa shape index (κ2) is 10.2. The van der Waals surface area contributed by atoms with Crippen LogP contribution in [-0.4, -0.2) is 37.2 Å². The van der Waals surface area contributed by atoms with Crippen LogP contribution in [0.4, 0.5) is 4.39 Å². The molecule has 0 aliphatic rings. The summed E-state index contributed by atoms with van der Waals surface area (Å²) in [6.07, 6.45) is 1.50. The fraction of sp³-hybridized carbons (Fsp3) is 0.150. The van der Waals surface area contributed by atoms with Crippen LogP contribution in [0.5, 0.6) is 0 Å². The van der Waals surface area contributed by atoms with Gasteiger partial charge in [-0.15, -0.1) is 0 Å². The Morgan fingerprint density at radius 3 is 2.44 bits per heavy atom. The fourth-order valence-electron chi connectivity index (χ4n) is 2.68. The molecule has 12 heteroatoms. The van der Waals surface area contributed by atoms with Crippen LogP contribution >= 0.6 is 23.2 Å². The number of amides is 1. The van der Waals surface area contributed by atoms with E-state index in [9.17, 15) is 22.4 Å². The van der Waals surface area contributed by atoms with E-state index in [0.717, 1.165) is 4.68 Å². The molecule has 2 N–H and O–H groups in total. The van der Waals surface area contributed by atoms with Gasteiger partial charge in [0.05, 0.1) is 27.4 Å². The molecular weight excluding hydrogens is 482 g/mol. The molecule has 32 heavy (non-hydrogen) atoms. The molecule has 0 saturated heterocycles.